The molecule has 2 saturated heterocycles. The van der Waals surface area contributed by atoms with Gasteiger partial charge in [0.05, 0.1) is 12.1 Å². The third-order valence-electron chi connectivity index (χ3n) is 3.83. The monoisotopic (exact) mass is 250 g/mol. The van der Waals surface area contributed by atoms with Crippen LogP contribution in [0.25, 0.3) is 0 Å². The van der Waals surface area contributed by atoms with E-state index >= 15 is 0 Å². The van der Waals surface area contributed by atoms with Gasteiger partial charge in [-0.1, -0.05) is 6.42 Å². The van der Waals surface area contributed by atoms with E-state index in [2.05, 4.69) is 16.3 Å². The zero-order chi connectivity index (χ0) is 12.8. The predicted molar refractivity (Wildman–Crippen MR) is 68.9 cm³/mol. The summed E-state index contributed by atoms with van der Waals surface area (Å²) in [6, 6.07) is 2.21. The average molecular weight is 250 g/mol. The highest BCUT2D eigenvalue weighted by atomic mass is 16.2. The van der Waals surface area contributed by atoms with E-state index in [0.29, 0.717) is 6.42 Å². The molecule has 1 amide bonds. The summed E-state index contributed by atoms with van der Waals surface area (Å²) < 4.78 is 0. The summed E-state index contributed by atoms with van der Waals surface area (Å²) in [5, 5.41) is 11.9. The molecular formula is C13H22N4O. The van der Waals surface area contributed by atoms with Crippen molar-refractivity contribution in [3.05, 3.63) is 0 Å². The molecule has 0 aromatic carbocycles. The lowest BCUT2D eigenvalue weighted by molar-refractivity contribution is -0.135. The predicted octanol–water partition coefficient (Wildman–Crippen LogP) is 0.186. The van der Waals surface area contributed by atoms with Gasteiger partial charge in [0.1, 0.15) is 0 Å². The highest BCUT2D eigenvalue weighted by molar-refractivity contribution is 5.82. The van der Waals surface area contributed by atoms with Crippen LogP contribution in [0.15, 0.2) is 0 Å². The SMILES string of the molecule is N#CCCN1CCN(C(=O)[C@H]2CCCCN2)CC1. The third kappa shape index (κ3) is 3.44. The zero-order valence-corrected chi connectivity index (χ0v) is 10.9. The van der Waals surface area contributed by atoms with Gasteiger partial charge in [-0.2, -0.15) is 5.26 Å². The van der Waals surface area contributed by atoms with Crippen molar-refractivity contribution in [1.82, 2.24) is 15.1 Å². The molecule has 5 nitrogen and oxygen atoms in total. The molecule has 0 aromatic rings. The first-order valence-corrected chi connectivity index (χ1v) is 6.93. The van der Waals surface area contributed by atoms with E-state index in [1.165, 1.54) is 6.42 Å². The minimum atomic E-state index is 0.0457. The van der Waals surface area contributed by atoms with Crippen molar-refractivity contribution < 1.29 is 4.79 Å². The van der Waals surface area contributed by atoms with E-state index in [4.69, 9.17) is 5.26 Å². The summed E-state index contributed by atoms with van der Waals surface area (Å²) in [7, 11) is 0. The number of nitriles is 1. The van der Waals surface area contributed by atoms with Gasteiger partial charge >= 0.3 is 0 Å². The van der Waals surface area contributed by atoms with Gasteiger partial charge in [0, 0.05) is 39.1 Å². The minimum absolute atomic E-state index is 0.0457. The van der Waals surface area contributed by atoms with E-state index in [9.17, 15) is 4.79 Å². The lowest BCUT2D eigenvalue weighted by Gasteiger charge is -2.37. The van der Waals surface area contributed by atoms with Crippen molar-refractivity contribution in [3.63, 3.8) is 0 Å². The smallest absolute Gasteiger partial charge is 0.239 e. The fraction of sp³-hybridized carbons (Fsp3) is 0.846. The normalized spacial score (nSPS) is 25.7. The van der Waals surface area contributed by atoms with E-state index in [-0.39, 0.29) is 11.9 Å². The maximum atomic E-state index is 12.3. The first-order chi connectivity index (χ1) is 8.81. The maximum absolute atomic E-state index is 12.3. The number of hydrogen-bond donors (Lipinski definition) is 1. The summed E-state index contributed by atoms with van der Waals surface area (Å²) in [6.07, 6.45) is 3.91. The number of carbonyl (C=O) groups excluding carboxylic acids is 1. The second kappa shape index (κ2) is 6.72. The van der Waals surface area contributed by atoms with Crippen molar-refractivity contribution in [3.8, 4) is 6.07 Å². The Kier molecular flexibility index (Phi) is 4.97. The van der Waals surface area contributed by atoms with Gasteiger partial charge in [-0.05, 0) is 19.4 Å². The second-order valence-electron chi connectivity index (χ2n) is 5.08. The van der Waals surface area contributed by atoms with Crippen molar-refractivity contribution in [2.45, 2.75) is 31.7 Å². The van der Waals surface area contributed by atoms with Crippen LogP contribution in [0.4, 0.5) is 0 Å². The Balaban J connectivity index is 1.75. The molecule has 18 heavy (non-hydrogen) atoms. The average Bonchev–Trinajstić information content (AvgIpc) is 2.46. The van der Waals surface area contributed by atoms with Gasteiger partial charge in [-0.3, -0.25) is 9.69 Å². The summed E-state index contributed by atoms with van der Waals surface area (Å²) >= 11 is 0. The standard InChI is InChI=1S/C13H22N4O/c14-5-3-7-16-8-10-17(11-9-16)13(18)12-4-1-2-6-15-12/h12,15H,1-4,6-11H2/t12-/m1/s1. The number of rotatable bonds is 3. The summed E-state index contributed by atoms with van der Waals surface area (Å²) in [5.41, 5.74) is 0. The van der Waals surface area contributed by atoms with Gasteiger partial charge in [0.2, 0.25) is 5.91 Å². The third-order valence-corrected chi connectivity index (χ3v) is 3.83. The van der Waals surface area contributed by atoms with Crippen LogP contribution in [0.3, 0.4) is 0 Å². The fourth-order valence-electron chi connectivity index (χ4n) is 2.68. The second-order valence-corrected chi connectivity index (χ2v) is 5.08. The first kappa shape index (κ1) is 13.3. The lowest BCUT2D eigenvalue weighted by atomic mass is 10.0. The van der Waals surface area contributed by atoms with Crippen LogP contribution < -0.4 is 5.32 Å². The van der Waals surface area contributed by atoms with Crippen molar-refractivity contribution >= 4 is 5.91 Å². The molecule has 1 atom stereocenters. The largest absolute Gasteiger partial charge is 0.339 e. The van der Waals surface area contributed by atoms with Gasteiger partial charge in [-0.15, -0.1) is 0 Å². The van der Waals surface area contributed by atoms with Gasteiger partial charge in [0.15, 0.2) is 0 Å². The van der Waals surface area contributed by atoms with Gasteiger partial charge in [0.25, 0.3) is 0 Å². The number of piperazine rings is 1. The van der Waals surface area contributed by atoms with Crippen LogP contribution in [0.2, 0.25) is 0 Å². The molecule has 0 spiro atoms. The Hall–Kier alpha value is -1.12. The van der Waals surface area contributed by atoms with Gasteiger partial charge < -0.3 is 10.2 Å². The molecular weight excluding hydrogens is 228 g/mol. The molecule has 5 heteroatoms. The number of piperidine rings is 1. The molecule has 2 rings (SSSR count). The molecule has 0 aliphatic carbocycles. The molecule has 0 saturated carbocycles. The van der Waals surface area contributed by atoms with E-state index in [1.54, 1.807) is 0 Å². The Bertz CT molecular complexity index is 311. The molecule has 1 N–H and O–H groups in total. The molecule has 0 radical (unpaired) electrons. The van der Waals surface area contributed by atoms with E-state index < -0.39 is 0 Å². The Morgan fingerprint density at radius 1 is 1.28 bits per heavy atom. The molecule has 2 aliphatic rings. The van der Waals surface area contributed by atoms with Crippen molar-refractivity contribution in [2.75, 3.05) is 39.3 Å². The number of amides is 1. The van der Waals surface area contributed by atoms with Crippen molar-refractivity contribution in [1.29, 1.82) is 5.26 Å². The van der Waals surface area contributed by atoms with Crippen LogP contribution in [-0.4, -0.2) is 61.0 Å². The van der Waals surface area contributed by atoms with E-state index in [1.807, 2.05) is 4.90 Å². The molecule has 2 heterocycles. The number of nitrogens with one attached hydrogen (secondary N) is 1. The van der Waals surface area contributed by atoms with Crippen LogP contribution in [0.1, 0.15) is 25.7 Å². The molecule has 0 unspecified atom stereocenters. The van der Waals surface area contributed by atoms with Crippen LogP contribution >= 0.6 is 0 Å². The molecule has 0 bridgehead atoms. The Morgan fingerprint density at radius 3 is 2.67 bits per heavy atom. The Labute approximate surface area is 109 Å². The number of carbonyl (C=O) groups is 1. The number of hydrogen-bond acceptors (Lipinski definition) is 4. The first-order valence-electron chi connectivity index (χ1n) is 6.93. The quantitative estimate of drug-likeness (QED) is 0.776. The van der Waals surface area contributed by atoms with Crippen LogP contribution in [-0.2, 0) is 4.79 Å². The van der Waals surface area contributed by atoms with Crippen LogP contribution in [0.5, 0.6) is 0 Å². The molecule has 2 aliphatic heterocycles. The lowest BCUT2D eigenvalue weighted by Crippen LogP contribution is -2.55. The zero-order valence-electron chi connectivity index (χ0n) is 10.9. The minimum Gasteiger partial charge on any atom is -0.339 e. The highest BCUT2D eigenvalue weighted by Crippen LogP contribution is 2.11. The summed E-state index contributed by atoms with van der Waals surface area (Å²) in [4.78, 5) is 16.5. The fourth-order valence-corrected chi connectivity index (χ4v) is 2.68. The summed E-state index contributed by atoms with van der Waals surface area (Å²) in [5.74, 6) is 0.273. The van der Waals surface area contributed by atoms with Gasteiger partial charge in [-0.25, -0.2) is 0 Å². The maximum Gasteiger partial charge on any atom is 0.239 e. The Morgan fingerprint density at radius 2 is 2.06 bits per heavy atom. The number of nitrogens with zero attached hydrogens (tertiary/aromatic N) is 3. The summed E-state index contributed by atoms with van der Waals surface area (Å²) in [6.45, 7) is 5.23. The molecule has 2 fully saturated rings. The molecule has 100 valence electrons. The molecule has 0 aromatic heterocycles. The van der Waals surface area contributed by atoms with Crippen molar-refractivity contribution in [2.24, 2.45) is 0 Å². The van der Waals surface area contributed by atoms with Crippen LogP contribution in [0, 0.1) is 11.3 Å². The topological polar surface area (TPSA) is 59.4 Å². The van der Waals surface area contributed by atoms with E-state index in [0.717, 1.165) is 52.1 Å². The highest BCUT2D eigenvalue weighted by Gasteiger charge is 2.27.